The van der Waals surface area contributed by atoms with E-state index in [1.54, 1.807) is 20.3 Å². The number of hydrogen-bond donors (Lipinski definition) is 1. The van der Waals surface area contributed by atoms with Gasteiger partial charge in [-0.1, -0.05) is 0 Å². The molecule has 0 bridgehead atoms. The molecule has 0 fully saturated rings. The van der Waals surface area contributed by atoms with Crippen molar-refractivity contribution in [2.45, 2.75) is 18.9 Å². The molecule has 5 heteroatoms. The molecule has 1 aromatic rings. The second-order valence-corrected chi connectivity index (χ2v) is 3.30. The van der Waals surface area contributed by atoms with Crippen LogP contribution in [0.1, 0.15) is 12.1 Å². The molecule has 0 aliphatic heterocycles. The Kier molecular flexibility index (Phi) is 5.00. The van der Waals surface area contributed by atoms with E-state index in [1.807, 2.05) is 0 Å². The third-order valence-corrected chi connectivity index (χ3v) is 2.07. The molecule has 5 nitrogen and oxygen atoms in total. The second kappa shape index (κ2) is 6.31. The lowest BCUT2D eigenvalue weighted by Crippen LogP contribution is -2.24. The van der Waals surface area contributed by atoms with E-state index in [2.05, 4.69) is 9.97 Å². The Balaban J connectivity index is 2.48. The molecule has 0 aromatic carbocycles. The van der Waals surface area contributed by atoms with Crippen LogP contribution < -0.4 is 10.5 Å². The van der Waals surface area contributed by atoms with Crippen molar-refractivity contribution in [2.75, 3.05) is 20.8 Å². The van der Waals surface area contributed by atoms with Crippen LogP contribution in [-0.2, 0) is 11.2 Å². The molecule has 0 aliphatic carbocycles. The maximum absolute atomic E-state index is 5.90. The van der Waals surface area contributed by atoms with E-state index in [4.69, 9.17) is 15.2 Å². The summed E-state index contributed by atoms with van der Waals surface area (Å²) in [6, 6.07) is 1.86. The first kappa shape index (κ1) is 11.9. The lowest BCUT2D eigenvalue weighted by atomic mass is 10.1. The van der Waals surface area contributed by atoms with Crippen molar-refractivity contribution in [1.82, 2.24) is 9.97 Å². The van der Waals surface area contributed by atoms with Gasteiger partial charge in [-0.15, -0.1) is 0 Å². The fourth-order valence-electron chi connectivity index (χ4n) is 1.24. The quantitative estimate of drug-likeness (QED) is 0.737. The van der Waals surface area contributed by atoms with Crippen LogP contribution in [0, 0.1) is 0 Å². The maximum Gasteiger partial charge on any atom is 0.216 e. The summed E-state index contributed by atoms with van der Waals surface area (Å²) < 4.78 is 9.96. The topological polar surface area (TPSA) is 70.3 Å². The van der Waals surface area contributed by atoms with E-state index in [9.17, 15) is 0 Å². The molecule has 1 atom stereocenters. The smallest absolute Gasteiger partial charge is 0.216 e. The minimum absolute atomic E-state index is 0.0598. The number of nitrogens with zero attached hydrogens (tertiary/aromatic N) is 2. The standard InChI is InChI=1S/C10H17N3O2/c1-14-4-3-8(11)5-9-6-10(15-2)13-7-12-9/h6-8H,3-5,11H2,1-2H3. The highest BCUT2D eigenvalue weighted by Gasteiger charge is 2.06. The zero-order chi connectivity index (χ0) is 11.1. The van der Waals surface area contributed by atoms with Crippen LogP contribution in [0.5, 0.6) is 5.88 Å². The molecule has 1 rings (SSSR count). The van der Waals surface area contributed by atoms with Crippen molar-refractivity contribution in [3.63, 3.8) is 0 Å². The number of methoxy groups -OCH3 is 2. The molecule has 1 aromatic heterocycles. The lowest BCUT2D eigenvalue weighted by Gasteiger charge is -2.10. The number of ether oxygens (including phenoxy) is 2. The summed E-state index contributed by atoms with van der Waals surface area (Å²) in [6.07, 6.45) is 3.02. The van der Waals surface area contributed by atoms with Gasteiger partial charge >= 0.3 is 0 Å². The van der Waals surface area contributed by atoms with E-state index in [0.717, 1.165) is 12.1 Å². The zero-order valence-electron chi connectivity index (χ0n) is 9.14. The fraction of sp³-hybridized carbons (Fsp3) is 0.600. The molecule has 0 aliphatic rings. The van der Waals surface area contributed by atoms with E-state index >= 15 is 0 Å². The van der Waals surface area contributed by atoms with Gasteiger partial charge in [-0.3, -0.25) is 0 Å². The van der Waals surface area contributed by atoms with Crippen molar-refractivity contribution >= 4 is 0 Å². The molecular formula is C10H17N3O2. The van der Waals surface area contributed by atoms with Gasteiger partial charge in [0, 0.05) is 37.9 Å². The first-order valence-corrected chi connectivity index (χ1v) is 4.85. The third-order valence-electron chi connectivity index (χ3n) is 2.07. The number of nitrogens with two attached hydrogens (primary N) is 1. The lowest BCUT2D eigenvalue weighted by molar-refractivity contribution is 0.187. The first-order valence-electron chi connectivity index (χ1n) is 4.85. The van der Waals surface area contributed by atoms with Gasteiger partial charge in [0.05, 0.1) is 7.11 Å². The van der Waals surface area contributed by atoms with Crippen LogP contribution in [0.25, 0.3) is 0 Å². The summed E-state index contributed by atoms with van der Waals surface area (Å²) in [5.74, 6) is 0.568. The molecule has 15 heavy (non-hydrogen) atoms. The van der Waals surface area contributed by atoms with Crippen molar-refractivity contribution < 1.29 is 9.47 Å². The Morgan fingerprint density at radius 1 is 1.40 bits per heavy atom. The number of aromatic nitrogens is 2. The van der Waals surface area contributed by atoms with Crippen LogP contribution in [0.15, 0.2) is 12.4 Å². The van der Waals surface area contributed by atoms with E-state index < -0.39 is 0 Å². The Hall–Kier alpha value is -1.20. The van der Waals surface area contributed by atoms with Gasteiger partial charge in [-0.05, 0) is 6.42 Å². The van der Waals surface area contributed by atoms with Gasteiger partial charge in [-0.25, -0.2) is 9.97 Å². The number of rotatable bonds is 6. The summed E-state index contributed by atoms with van der Waals surface area (Å²) in [5.41, 5.74) is 6.80. The average molecular weight is 211 g/mol. The van der Waals surface area contributed by atoms with Crippen LogP contribution in [0.4, 0.5) is 0 Å². The van der Waals surface area contributed by atoms with Gasteiger partial charge < -0.3 is 15.2 Å². The van der Waals surface area contributed by atoms with Crippen LogP contribution in [-0.4, -0.2) is 36.8 Å². The van der Waals surface area contributed by atoms with E-state index in [1.165, 1.54) is 6.33 Å². The average Bonchev–Trinajstić information content (AvgIpc) is 2.26. The number of hydrogen-bond acceptors (Lipinski definition) is 5. The molecule has 0 spiro atoms. The Bertz CT molecular complexity index is 294. The van der Waals surface area contributed by atoms with Crippen molar-refractivity contribution in [1.29, 1.82) is 0 Å². The molecular weight excluding hydrogens is 194 g/mol. The first-order chi connectivity index (χ1) is 7.26. The van der Waals surface area contributed by atoms with Gasteiger partial charge in [0.2, 0.25) is 5.88 Å². The Labute approximate surface area is 89.6 Å². The molecule has 0 amide bonds. The minimum Gasteiger partial charge on any atom is -0.481 e. The van der Waals surface area contributed by atoms with Gasteiger partial charge in [0.1, 0.15) is 6.33 Å². The normalized spacial score (nSPS) is 12.5. The molecule has 2 N–H and O–H groups in total. The van der Waals surface area contributed by atoms with E-state index in [0.29, 0.717) is 18.9 Å². The van der Waals surface area contributed by atoms with Crippen molar-refractivity contribution in [2.24, 2.45) is 5.73 Å². The minimum atomic E-state index is 0.0598. The van der Waals surface area contributed by atoms with Crippen molar-refractivity contribution in [3.05, 3.63) is 18.1 Å². The van der Waals surface area contributed by atoms with Gasteiger partial charge in [-0.2, -0.15) is 0 Å². The molecule has 0 radical (unpaired) electrons. The predicted octanol–water partition coefficient (Wildman–Crippen LogP) is 0.391. The summed E-state index contributed by atoms with van der Waals surface area (Å²) in [6.45, 7) is 0.670. The third kappa shape index (κ3) is 4.22. The second-order valence-electron chi connectivity index (χ2n) is 3.30. The van der Waals surface area contributed by atoms with Gasteiger partial charge in [0.15, 0.2) is 0 Å². The fourth-order valence-corrected chi connectivity index (χ4v) is 1.24. The molecule has 1 heterocycles. The molecule has 0 saturated heterocycles. The highest BCUT2D eigenvalue weighted by molar-refractivity contribution is 5.14. The maximum atomic E-state index is 5.90. The SMILES string of the molecule is COCCC(N)Cc1cc(OC)ncn1. The summed E-state index contributed by atoms with van der Waals surface area (Å²) in [4.78, 5) is 8.05. The zero-order valence-corrected chi connectivity index (χ0v) is 9.14. The van der Waals surface area contributed by atoms with Crippen LogP contribution in [0.3, 0.4) is 0 Å². The predicted molar refractivity (Wildman–Crippen MR) is 56.8 cm³/mol. The highest BCUT2D eigenvalue weighted by Crippen LogP contribution is 2.08. The summed E-state index contributed by atoms with van der Waals surface area (Å²) >= 11 is 0. The molecule has 84 valence electrons. The monoisotopic (exact) mass is 211 g/mol. The molecule has 0 saturated carbocycles. The largest absolute Gasteiger partial charge is 0.481 e. The van der Waals surface area contributed by atoms with Crippen LogP contribution >= 0.6 is 0 Å². The molecule has 1 unspecified atom stereocenters. The Morgan fingerprint density at radius 3 is 2.87 bits per heavy atom. The summed E-state index contributed by atoms with van der Waals surface area (Å²) in [7, 11) is 3.25. The van der Waals surface area contributed by atoms with Crippen LogP contribution in [0.2, 0.25) is 0 Å². The van der Waals surface area contributed by atoms with E-state index in [-0.39, 0.29) is 6.04 Å². The summed E-state index contributed by atoms with van der Waals surface area (Å²) in [5, 5.41) is 0. The highest BCUT2D eigenvalue weighted by atomic mass is 16.5. The Morgan fingerprint density at radius 2 is 2.20 bits per heavy atom. The van der Waals surface area contributed by atoms with Crippen molar-refractivity contribution in [3.8, 4) is 5.88 Å². The van der Waals surface area contributed by atoms with Gasteiger partial charge in [0.25, 0.3) is 0 Å².